The lowest BCUT2D eigenvalue weighted by Crippen LogP contribution is -2.30. The van der Waals surface area contributed by atoms with Gasteiger partial charge < -0.3 is 23.3 Å². The van der Waals surface area contributed by atoms with Crippen molar-refractivity contribution in [2.45, 2.75) is 39.3 Å². The topological polar surface area (TPSA) is 101 Å². The van der Waals surface area contributed by atoms with Crippen molar-refractivity contribution in [2.75, 3.05) is 13.7 Å². The highest BCUT2D eigenvalue weighted by atomic mass is 79.9. The highest BCUT2D eigenvalue weighted by Crippen LogP contribution is 2.37. The number of halogens is 2. The van der Waals surface area contributed by atoms with Crippen molar-refractivity contribution >= 4 is 33.8 Å². The Labute approximate surface area is 233 Å². The number of hydrogen-bond donors (Lipinski definition) is 0. The third-order valence-corrected chi connectivity index (χ3v) is 6.66. The van der Waals surface area contributed by atoms with Gasteiger partial charge in [-0.15, -0.1) is 4.99 Å². The van der Waals surface area contributed by atoms with Crippen LogP contribution in [0.15, 0.2) is 52.2 Å². The van der Waals surface area contributed by atoms with E-state index < -0.39 is 29.4 Å². The van der Waals surface area contributed by atoms with Crippen LogP contribution in [-0.4, -0.2) is 46.3 Å². The summed E-state index contributed by atoms with van der Waals surface area (Å²) >= 11 is 3.52. The van der Waals surface area contributed by atoms with Crippen molar-refractivity contribution in [3.8, 4) is 5.75 Å². The van der Waals surface area contributed by atoms with Crippen LogP contribution < -0.4 is 10.4 Å². The second-order valence-electron chi connectivity index (χ2n) is 10.3. The predicted molar refractivity (Wildman–Crippen MR) is 143 cm³/mol. The van der Waals surface area contributed by atoms with E-state index in [2.05, 4.69) is 25.7 Å². The van der Waals surface area contributed by atoms with Gasteiger partial charge in [0.05, 0.1) is 41.8 Å². The molecule has 1 aliphatic heterocycles. The first-order valence-electron chi connectivity index (χ1n) is 12.2. The fraction of sp³-hybridized carbons (Fsp3) is 0.357. The van der Waals surface area contributed by atoms with Gasteiger partial charge in [-0.2, -0.15) is 0 Å². The molecular weight excluding hydrogens is 573 g/mol. The predicted octanol–water partition coefficient (Wildman–Crippen LogP) is 4.83. The van der Waals surface area contributed by atoms with Crippen LogP contribution >= 0.6 is 15.9 Å². The number of hydrogen-bond acceptors (Lipinski definition) is 6. The van der Waals surface area contributed by atoms with Crippen LogP contribution in [0.4, 0.5) is 9.18 Å². The van der Waals surface area contributed by atoms with Crippen LogP contribution in [0, 0.1) is 11.7 Å². The standard InChI is InChI=1S/C28H29BrFN3O6/c1-28(2,3)39-27(36)31-26-32(4)8-9-33(26)14-17-12-20-23(34)18(15-38-24(20)21(29)13-17)10-16-6-7-22(30)19(11-16)25(35)37-5/h6-9,11-13,18H,10,14-15H2,1-5H3/t18-/m0/s1. The smallest absolute Gasteiger partial charge is 0.437 e. The number of imidazole rings is 1. The lowest BCUT2D eigenvalue weighted by atomic mass is 9.88. The Morgan fingerprint density at radius 2 is 1.92 bits per heavy atom. The molecule has 2 heterocycles. The van der Waals surface area contributed by atoms with E-state index in [-0.39, 0.29) is 24.4 Å². The van der Waals surface area contributed by atoms with Crippen molar-refractivity contribution < 1.29 is 33.0 Å². The van der Waals surface area contributed by atoms with Crippen LogP contribution in [-0.2, 0) is 29.5 Å². The van der Waals surface area contributed by atoms with Gasteiger partial charge in [0.15, 0.2) is 5.78 Å². The van der Waals surface area contributed by atoms with E-state index in [9.17, 15) is 18.8 Å². The minimum Gasteiger partial charge on any atom is -0.491 e. The maximum absolute atomic E-state index is 14.1. The van der Waals surface area contributed by atoms with Crippen LogP contribution in [0.25, 0.3) is 0 Å². The summed E-state index contributed by atoms with van der Waals surface area (Å²) in [6.07, 6.45) is 3.11. The van der Waals surface area contributed by atoms with Gasteiger partial charge in [-0.05, 0) is 78.5 Å². The highest BCUT2D eigenvalue weighted by molar-refractivity contribution is 9.10. The molecule has 0 saturated heterocycles. The number of ketones is 1. The molecule has 0 radical (unpaired) electrons. The summed E-state index contributed by atoms with van der Waals surface area (Å²) in [4.78, 5) is 41.8. The molecule has 1 amide bonds. The first-order valence-corrected chi connectivity index (χ1v) is 13.0. The number of carbonyl (C=O) groups excluding carboxylic acids is 3. The molecule has 0 fully saturated rings. The lowest BCUT2D eigenvalue weighted by Gasteiger charge is -2.26. The molecule has 206 valence electrons. The Morgan fingerprint density at radius 3 is 2.62 bits per heavy atom. The molecule has 2 aromatic carbocycles. The minimum absolute atomic E-state index is 0.125. The summed E-state index contributed by atoms with van der Waals surface area (Å²) in [6.45, 7) is 5.77. The van der Waals surface area contributed by atoms with E-state index in [1.807, 2.05) is 6.07 Å². The maximum atomic E-state index is 14.1. The number of aryl methyl sites for hydroxylation is 1. The SMILES string of the molecule is COC(=O)c1cc(C[C@H]2COc3c(Br)cc(Cn4ccn(C)c4=NC(=O)OC(C)(C)C)cc3C2=O)ccc1F. The molecule has 39 heavy (non-hydrogen) atoms. The van der Waals surface area contributed by atoms with Gasteiger partial charge in [0.1, 0.15) is 17.2 Å². The summed E-state index contributed by atoms with van der Waals surface area (Å²) in [7, 11) is 2.95. The molecule has 0 aliphatic carbocycles. The van der Waals surface area contributed by atoms with Gasteiger partial charge in [-0.25, -0.2) is 14.0 Å². The van der Waals surface area contributed by atoms with Crippen LogP contribution in [0.2, 0.25) is 0 Å². The molecule has 1 aromatic heterocycles. The summed E-state index contributed by atoms with van der Waals surface area (Å²) < 4.78 is 34.1. The average molecular weight is 602 g/mol. The Balaban J connectivity index is 1.60. The second kappa shape index (κ2) is 11.2. The van der Waals surface area contributed by atoms with Gasteiger partial charge >= 0.3 is 12.1 Å². The molecule has 3 aromatic rings. The van der Waals surface area contributed by atoms with Crippen LogP contribution in [0.5, 0.6) is 5.75 Å². The Hall–Kier alpha value is -3.73. The van der Waals surface area contributed by atoms with E-state index in [1.165, 1.54) is 19.2 Å². The molecule has 0 spiro atoms. The number of aromatic nitrogens is 2. The normalized spacial score (nSPS) is 15.5. The van der Waals surface area contributed by atoms with E-state index >= 15 is 0 Å². The summed E-state index contributed by atoms with van der Waals surface area (Å²) in [6, 6.07) is 7.74. The van der Waals surface area contributed by atoms with Gasteiger partial charge in [0.2, 0.25) is 5.62 Å². The van der Waals surface area contributed by atoms with Crippen molar-refractivity contribution in [2.24, 2.45) is 18.0 Å². The second-order valence-corrected chi connectivity index (χ2v) is 11.1. The first-order chi connectivity index (χ1) is 18.4. The van der Waals surface area contributed by atoms with Crippen LogP contribution in [0.3, 0.4) is 0 Å². The number of ether oxygens (including phenoxy) is 3. The molecule has 9 nitrogen and oxygen atoms in total. The van der Waals surface area contributed by atoms with Gasteiger partial charge in [0.25, 0.3) is 0 Å². The zero-order chi connectivity index (χ0) is 28.5. The molecule has 1 aliphatic rings. The number of Topliss-reactive ketones (excluding diaryl/α,β-unsaturated/α-hetero) is 1. The quantitative estimate of drug-likeness (QED) is 0.388. The molecule has 0 saturated carbocycles. The first kappa shape index (κ1) is 28.3. The van der Waals surface area contributed by atoms with E-state index in [0.29, 0.717) is 33.5 Å². The fourth-order valence-corrected chi connectivity index (χ4v) is 4.92. The maximum Gasteiger partial charge on any atom is 0.437 e. The number of esters is 1. The largest absolute Gasteiger partial charge is 0.491 e. The third-order valence-electron chi connectivity index (χ3n) is 6.07. The van der Waals surface area contributed by atoms with Crippen molar-refractivity contribution in [1.29, 1.82) is 0 Å². The Kier molecular flexibility index (Phi) is 8.10. The number of fused-ring (bicyclic) bond motifs is 1. The van der Waals surface area contributed by atoms with E-state index in [1.54, 1.807) is 61.5 Å². The average Bonchev–Trinajstić information content (AvgIpc) is 3.19. The van der Waals surface area contributed by atoms with Gasteiger partial charge in [0, 0.05) is 19.4 Å². The van der Waals surface area contributed by atoms with Crippen molar-refractivity contribution in [3.63, 3.8) is 0 Å². The summed E-state index contributed by atoms with van der Waals surface area (Å²) in [5.74, 6) is -1.68. The number of benzene rings is 2. The Bertz CT molecular complexity index is 1520. The molecule has 11 heteroatoms. The van der Waals surface area contributed by atoms with Gasteiger partial charge in [-0.3, -0.25) is 4.79 Å². The zero-order valence-corrected chi connectivity index (χ0v) is 23.9. The summed E-state index contributed by atoms with van der Waals surface area (Å²) in [5, 5.41) is 0. The number of amides is 1. The van der Waals surface area contributed by atoms with Crippen molar-refractivity contribution in [3.05, 3.63) is 80.9 Å². The molecule has 0 bridgehead atoms. The molecule has 4 rings (SSSR count). The molecule has 0 N–H and O–H groups in total. The monoisotopic (exact) mass is 601 g/mol. The minimum atomic E-state index is -0.782. The Morgan fingerprint density at radius 1 is 1.18 bits per heavy atom. The van der Waals surface area contributed by atoms with E-state index in [0.717, 1.165) is 5.56 Å². The van der Waals surface area contributed by atoms with E-state index in [4.69, 9.17) is 9.47 Å². The number of methoxy groups -OCH3 is 1. The molecule has 1 atom stereocenters. The third kappa shape index (κ3) is 6.47. The number of carbonyl (C=O) groups is 3. The lowest BCUT2D eigenvalue weighted by molar-refractivity contribution is 0.0584. The molecular formula is C28H29BrFN3O6. The van der Waals surface area contributed by atoms with Gasteiger partial charge in [-0.1, -0.05) is 6.07 Å². The fourth-order valence-electron chi connectivity index (χ4n) is 4.30. The molecule has 0 unspecified atom stereocenters. The summed E-state index contributed by atoms with van der Waals surface area (Å²) in [5.41, 5.74) is 1.34. The van der Waals surface area contributed by atoms with Crippen LogP contribution in [0.1, 0.15) is 52.6 Å². The highest BCUT2D eigenvalue weighted by Gasteiger charge is 2.31. The number of rotatable bonds is 5. The zero-order valence-electron chi connectivity index (χ0n) is 22.3. The number of nitrogens with zero attached hydrogens (tertiary/aromatic N) is 3. The van der Waals surface area contributed by atoms with Crippen molar-refractivity contribution in [1.82, 2.24) is 9.13 Å².